The molecule has 3 N–H and O–H groups in total. The van der Waals surface area contributed by atoms with Gasteiger partial charge in [-0.3, -0.25) is 4.79 Å². The molecule has 0 aliphatic heterocycles. The Kier molecular flexibility index (Phi) is 6.41. The van der Waals surface area contributed by atoms with Gasteiger partial charge in [0.05, 0.1) is 17.2 Å². The first-order valence-electron chi connectivity index (χ1n) is 6.32. The average Bonchev–Trinajstić information content (AvgIpc) is 2.40. The number of aryl methyl sites for hydroxylation is 1. The molecule has 0 aliphatic rings. The van der Waals surface area contributed by atoms with Gasteiger partial charge in [0.1, 0.15) is 5.75 Å². The third kappa shape index (κ3) is 4.79. The van der Waals surface area contributed by atoms with Crippen LogP contribution in [0.4, 0.5) is 0 Å². The lowest BCUT2D eigenvalue weighted by atomic mass is 10.1. The van der Waals surface area contributed by atoms with Crippen molar-refractivity contribution in [1.82, 2.24) is 4.90 Å². The van der Waals surface area contributed by atoms with E-state index in [9.17, 15) is 9.90 Å². The first-order chi connectivity index (χ1) is 9.45. The van der Waals surface area contributed by atoms with Gasteiger partial charge in [0, 0.05) is 26.6 Å². The fourth-order valence-electron chi connectivity index (χ4n) is 1.75. The van der Waals surface area contributed by atoms with Gasteiger partial charge < -0.3 is 20.5 Å². The molecule has 20 heavy (non-hydrogen) atoms. The second-order valence-corrected chi connectivity index (χ2v) is 5.05. The number of hydrogen-bond donors (Lipinski definition) is 2. The highest BCUT2D eigenvalue weighted by Crippen LogP contribution is 2.20. The lowest BCUT2D eigenvalue weighted by Crippen LogP contribution is -2.36. The minimum Gasteiger partial charge on any atom is -0.507 e. The maximum Gasteiger partial charge on any atom is 0.257 e. The molecule has 0 heterocycles. The van der Waals surface area contributed by atoms with Crippen molar-refractivity contribution in [3.63, 3.8) is 0 Å². The number of aromatic hydroxyl groups is 1. The largest absolute Gasteiger partial charge is 0.507 e. The van der Waals surface area contributed by atoms with Gasteiger partial charge in [0.2, 0.25) is 0 Å². The number of thiocarbonyl (C=S) groups is 1. The molecule has 0 aromatic heterocycles. The quantitative estimate of drug-likeness (QED) is 0.745. The predicted octanol–water partition coefficient (Wildman–Crippen LogP) is 1.47. The Morgan fingerprint density at radius 3 is 2.75 bits per heavy atom. The zero-order chi connectivity index (χ0) is 15.1. The molecule has 0 spiro atoms. The summed E-state index contributed by atoms with van der Waals surface area (Å²) in [4.78, 5) is 14.4. The topological polar surface area (TPSA) is 75.8 Å². The molecule has 0 saturated carbocycles. The number of phenols is 1. The molecule has 0 atom stereocenters. The molecular formula is C14H20N2O3S. The molecule has 1 amide bonds. The van der Waals surface area contributed by atoms with Crippen LogP contribution in [0.2, 0.25) is 0 Å². The second kappa shape index (κ2) is 7.81. The van der Waals surface area contributed by atoms with Crippen LogP contribution in [0.1, 0.15) is 22.3 Å². The molecular weight excluding hydrogens is 276 g/mol. The number of ether oxygens (including phenoxy) is 1. The first-order valence-corrected chi connectivity index (χ1v) is 6.72. The van der Waals surface area contributed by atoms with E-state index >= 15 is 0 Å². The highest BCUT2D eigenvalue weighted by Gasteiger charge is 2.19. The fourth-order valence-corrected chi connectivity index (χ4v) is 1.84. The number of methoxy groups -OCH3 is 1. The number of hydrogen-bond acceptors (Lipinski definition) is 4. The maximum atomic E-state index is 12.5. The number of carbonyl (C=O) groups excluding carboxylic acids is 1. The molecule has 0 aliphatic carbocycles. The molecule has 1 aromatic carbocycles. The number of nitrogens with zero attached hydrogens (tertiary/aromatic N) is 1. The fraction of sp³-hybridized carbons (Fsp3) is 0.429. The molecule has 1 aromatic rings. The number of benzene rings is 1. The Bertz CT molecular complexity index is 491. The lowest BCUT2D eigenvalue weighted by Gasteiger charge is -2.22. The van der Waals surface area contributed by atoms with Crippen LogP contribution in [-0.2, 0) is 4.74 Å². The average molecular weight is 296 g/mol. The van der Waals surface area contributed by atoms with E-state index in [-0.39, 0.29) is 17.2 Å². The molecule has 110 valence electrons. The van der Waals surface area contributed by atoms with Gasteiger partial charge in [0.25, 0.3) is 5.91 Å². The molecule has 6 heteroatoms. The van der Waals surface area contributed by atoms with E-state index < -0.39 is 0 Å². The summed E-state index contributed by atoms with van der Waals surface area (Å²) in [5.41, 5.74) is 6.67. The predicted molar refractivity (Wildman–Crippen MR) is 82.0 cm³/mol. The van der Waals surface area contributed by atoms with Crippen molar-refractivity contribution < 1.29 is 14.6 Å². The first kappa shape index (κ1) is 16.4. The van der Waals surface area contributed by atoms with Gasteiger partial charge in [0.15, 0.2) is 0 Å². The molecule has 1 rings (SSSR count). The normalized spacial score (nSPS) is 10.3. The summed E-state index contributed by atoms with van der Waals surface area (Å²) in [5, 5.41) is 9.83. The van der Waals surface area contributed by atoms with Crippen LogP contribution in [0.25, 0.3) is 0 Å². The summed E-state index contributed by atoms with van der Waals surface area (Å²) in [6, 6.07) is 4.93. The molecule has 0 unspecified atom stereocenters. The molecule has 0 fully saturated rings. The number of nitrogens with two attached hydrogens (primary N) is 1. The van der Waals surface area contributed by atoms with Gasteiger partial charge in [-0.2, -0.15) is 0 Å². The van der Waals surface area contributed by atoms with Crippen LogP contribution < -0.4 is 5.73 Å². The minimum absolute atomic E-state index is 0.0293. The van der Waals surface area contributed by atoms with E-state index in [1.165, 1.54) is 6.07 Å². The lowest BCUT2D eigenvalue weighted by molar-refractivity contribution is 0.0698. The van der Waals surface area contributed by atoms with Gasteiger partial charge >= 0.3 is 0 Å². The van der Waals surface area contributed by atoms with Crippen LogP contribution >= 0.6 is 12.2 Å². The van der Waals surface area contributed by atoms with Crippen molar-refractivity contribution in [3.8, 4) is 5.75 Å². The van der Waals surface area contributed by atoms with Gasteiger partial charge in [-0.05, 0) is 19.1 Å². The van der Waals surface area contributed by atoms with Crippen LogP contribution in [0, 0.1) is 6.92 Å². The summed E-state index contributed by atoms with van der Waals surface area (Å²) in [7, 11) is 1.57. The zero-order valence-corrected chi connectivity index (χ0v) is 12.6. The monoisotopic (exact) mass is 296 g/mol. The zero-order valence-electron chi connectivity index (χ0n) is 11.8. The van der Waals surface area contributed by atoms with Crippen molar-refractivity contribution in [2.45, 2.75) is 13.3 Å². The summed E-state index contributed by atoms with van der Waals surface area (Å²) < 4.78 is 5.00. The minimum atomic E-state index is -0.250. The van der Waals surface area contributed by atoms with Crippen molar-refractivity contribution in [2.24, 2.45) is 5.73 Å². The van der Waals surface area contributed by atoms with E-state index in [0.717, 1.165) is 5.56 Å². The molecule has 0 radical (unpaired) electrons. The van der Waals surface area contributed by atoms with E-state index in [0.29, 0.717) is 31.1 Å². The summed E-state index contributed by atoms with van der Waals surface area (Å²) >= 11 is 4.84. The van der Waals surface area contributed by atoms with E-state index in [4.69, 9.17) is 22.7 Å². The van der Waals surface area contributed by atoms with E-state index in [1.54, 1.807) is 24.1 Å². The third-order valence-corrected chi connectivity index (χ3v) is 3.07. The summed E-state index contributed by atoms with van der Waals surface area (Å²) in [6.45, 7) is 3.11. The number of rotatable bonds is 7. The number of phenolic OH excluding ortho intramolecular Hbond substituents is 1. The third-order valence-electron chi connectivity index (χ3n) is 2.86. The highest BCUT2D eigenvalue weighted by atomic mass is 32.1. The Balaban J connectivity index is 2.90. The van der Waals surface area contributed by atoms with Gasteiger partial charge in [-0.15, -0.1) is 0 Å². The van der Waals surface area contributed by atoms with Crippen molar-refractivity contribution in [3.05, 3.63) is 29.3 Å². The Labute approximate surface area is 124 Å². The van der Waals surface area contributed by atoms with Crippen LogP contribution in [-0.4, -0.2) is 47.7 Å². The highest BCUT2D eigenvalue weighted by molar-refractivity contribution is 7.80. The summed E-state index contributed by atoms with van der Waals surface area (Å²) in [6.07, 6.45) is 0.442. The molecule has 0 bridgehead atoms. The Morgan fingerprint density at radius 2 is 2.15 bits per heavy atom. The Morgan fingerprint density at radius 1 is 1.45 bits per heavy atom. The molecule has 0 saturated heterocycles. The van der Waals surface area contributed by atoms with Crippen LogP contribution in [0.3, 0.4) is 0 Å². The van der Waals surface area contributed by atoms with Crippen molar-refractivity contribution in [2.75, 3.05) is 26.8 Å². The Hall–Kier alpha value is -1.66. The van der Waals surface area contributed by atoms with Gasteiger partial charge in [-0.1, -0.05) is 23.8 Å². The van der Waals surface area contributed by atoms with Gasteiger partial charge in [-0.25, -0.2) is 0 Å². The maximum absolute atomic E-state index is 12.5. The number of carbonyl (C=O) groups is 1. The smallest absolute Gasteiger partial charge is 0.257 e. The second-order valence-electron chi connectivity index (χ2n) is 4.52. The SMILES string of the molecule is COCCN(CCC(N)=S)C(=O)c1cc(C)ccc1O. The van der Waals surface area contributed by atoms with Crippen molar-refractivity contribution in [1.29, 1.82) is 0 Å². The van der Waals surface area contributed by atoms with Crippen molar-refractivity contribution >= 4 is 23.1 Å². The van der Waals surface area contributed by atoms with Crippen LogP contribution in [0.5, 0.6) is 5.75 Å². The molecule has 5 nitrogen and oxygen atoms in total. The van der Waals surface area contributed by atoms with E-state index in [2.05, 4.69) is 0 Å². The van der Waals surface area contributed by atoms with E-state index in [1.807, 2.05) is 6.92 Å². The summed E-state index contributed by atoms with van der Waals surface area (Å²) in [5.74, 6) is -0.280. The van der Waals surface area contributed by atoms with Crippen LogP contribution in [0.15, 0.2) is 18.2 Å². The standard InChI is InChI=1S/C14H20N2O3S/c1-10-3-4-12(17)11(9-10)14(18)16(7-8-19-2)6-5-13(15)20/h3-4,9,17H,5-8H2,1-2H3,(H2,15,20). The number of amides is 1.